The number of hydrogen-bond donors (Lipinski definition) is 1. The number of halogens is 3. The van der Waals surface area contributed by atoms with Gasteiger partial charge in [-0.1, -0.05) is 36.4 Å². The van der Waals surface area contributed by atoms with Crippen LogP contribution >= 0.6 is 0 Å². The van der Waals surface area contributed by atoms with Crippen molar-refractivity contribution >= 4 is 0 Å². The van der Waals surface area contributed by atoms with Gasteiger partial charge in [-0.05, 0) is 30.2 Å². The van der Waals surface area contributed by atoms with Crippen molar-refractivity contribution in [3.05, 3.63) is 65.7 Å². The minimum absolute atomic E-state index is 0.0894. The third-order valence-electron chi connectivity index (χ3n) is 3.27. The molecule has 2 aromatic carbocycles. The summed E-state index contributed by atoms with van der Waals surface area (Å²) in [6.45, 7) is 0.0700. The van der Waals surface area contributed by atoms with Gasteiger partial charge in [0.1, 0.15) is 5.75 Å². The van der Waals surface area contributed by atoms with Crippen molar-refractivity contribution in [2.45, 2.75) is 12.6 Å². The molecule has 0 bridgehead atoms. The Morgan fingerprint density at radius 3 is 2.36 bits per heavy atom. The topological polar surface area (TPSA) is 29.5 Å². The summed E-state index contributed by atoms with van der Waals surface area (Å²) in [5.74, 6) is -0.0155. The fraction of sp³-hybridized carbons (Fsp3) is 0.294. The molecule has 2 aromatic rings. The SMILES string of the molecule is OCC(COc1cccc(C(F)(F)F)c1)Cc1ccccc1. The first-order valence-corrected chi connectivity index (χ1v) is 6.94. The lowest BCUT2D eigenvalue weighted by atomic mass is 10.0. The van der Waals surface area contributed by atoms with Gasteiger partial charge in [-0.15, -0.1) is 0 Å². The number of alkyl halides is 3. The molecular weight excluding hydrogens is 293 g/mol. The standard InChI is InChI=1S/C17H17F3O2/c18-17(19,20)15-7-4-8-16(10-15)22-12-14(11-21)9-13-5-2-1-3-6-13/h1-8,10,14,21H,9,11-12H2. The molecule has 1 unspecified atom stereocenters. The lowest BCUT2D eigenvalue weighted by Crippen LogP contribution is -2.19. The quantitative estimate of drug-likeness (QED) is 0.876. The van der Waals surface area contributed by atoms with Crippen LogP contribution in [0.5, 0.6) is 5.75 Å². The molecule has 118 valence electrons. The highest BCUT2D eigenvalue weighted by Crippen LogP contribution is 2.31. The maximum Gasteiger partial charge on any atom is 0.416 e. The minimum Gasteiger partial charge on any atom is -0.493 e. The Kier molecular flexibility index (Phi) is 5.44. The van der Waals surface area contributed by atoms with Gasteiger partial charge in [-0.3, -0.25) is 0 Å². The lowest BCUT2D eigenvalue weighted by Gasteiger charge is -2.16. The maximum absolute atomic E-state index is 12.6. The van der Waals surface area contributed by atoms with E-state index >= 15 is 0 Å². The van der Waals surface area contributed by atoms with Gasteiger partial charge in [0.25, 0.3) is 0 Å². The smallest absolute Gasteiger partial charge is 0.416 e. The van der Waals surface area contributed by atoms with Gasteiger partial charge in [-0.2, -0.15) is 13.2 Å². The largest absolute Gasteiger partial charge is 0.493 e. The van der Waals surface area contributed by atoms with E-state index in [1.165, 1.54) is 12.1 Å². The Bertz CT molecular complexity index is 582. The normalized spacial score (nSPS) is 12.9. The molecule has 0 saturated carbocycles. The van der Waals surface area contributed by atoms with Gasteiger partial charge in [-0.25, -0.2) is 0 Å². The van der Waals surface area contributed by atoms with Crippen LogP contribution < -0.4 is 4.74 Å². The Labute approximate surface area is 127 Å². The molecule has 0 aliphatic carbocycles. The van der Waals surface area contributed by atoms with Crippen molar-refractivity contribution in [2.24, 2.45) is 5.92 Å². The van der Waals surface area contributed by atoms with Gasteiger partial charge in [0.15, 0.2) is 0 Å². The molecule has 2 rings (SSSR count). The van der Waals surface area contributed by atoms with Crippen molar-refractivity contribution in [1.29, 1.82) is 0 Å². The molecule has 5 heteroatoms. The summed E-state index contributed by atoms with van der Waals surface area (Å²) in [6, 6.07) is 14.3. The first-order valence-electron chi connectivity index (χ1n) is 6.94. The Morgan fingerprint density at radius 2 is 1.73 bits per heavy atom. The second-order valence-corrected chi connectivity index (χ2v) is 5.07. The van der Waals surface area contributed by atoms with Crippen molar-refractivity contribution in [1.82, 2.24) is 0 Å². The van der Waals surface area contributed by atoms with E-state index in [9.17, 15) is 18.3 Å². The van der Waals surface area contributed by atoms with E-state index in [2.05, 4.69) is 0 Å². The third-order valence-corrected chi connectivity index (χ3v) is 3.27. The fourth-order valence-corrected chi connectivity index (χ4v) is 2.10. The van der Waals surface area contributed by atoms with Crippen LogP contribution in [0.25, 0.3) is 0 Å². The van der Waals surface area contributed by atoms with E-state index in [0.29, 0.717) is 6.42 Å². The molecule has 1 atom stereocenters. The van der Waals surface area contributed by atoms with Crippen molar-refractivity contribution in [3.63, 3.8) is 0 Å². The molecule has 0 fully saturated rings. The average molecular weight is 310 g/mol. The van der Waals surface area contributed by atoms with Gasteiger partial charge >= 0.3 is 6.18 Å². The lowest BCUT2D eigenvalue weighted by molar-refractivity contribution is -0.137. The fourth-order valence-electron chi connectivity index (χ4n) is 2.10. The zero-order valence-corrected chi connectivity index (χ0v) is 11.9. The second kappa shape index (κ2) is 7.31. The van der Waals surface area contributed by atoms with Gasteiger partial charge < -0.3 is 9.84 Å². The van der Waals surface area contributed by atoms with E-state index < -0.39 is 11.7 Å². The average Bonchev–Trinajstić information content (AvgIpc) is 2.52. The highest BCUT2D eigenvalue weighted by molar-refractivity contribution is 5.30. The van der Waals surface area contributed by atoms with Crippen molar-refractivity contribution < 1.29 is 23.0 Å². The summed E-state index contributed by atoms with van der Waals surface area (Å²) in [4.78, 5) is 0. The number of aliphatic hydroxyl groups excluding tert-OH is 1. The van der Waals surface area contributed by atoms with Crippen LogP contribution in [0.3, 0.4) is 0 Å². The Balaban J connectivity index is 1.96. The number of benzene rings is 2. The monoisotopic (exact) mass is 310 g/mol. The highest BCUT2D eigenvalue weighted by atomic mass is 19.4. The van der Waals surface area contributed by atoms with Crippen LogP contribution in [0.2, 0.25) is 0 Å². The predicted octanol–water partition coefficient (Wildman–Crippen LogP) is 3.94. The number of ether oxygens (including phenoxy) is 1. The molecular formula is C17H17F3O2. The minimum atomic E-state index is -4.39. The van der Waals surface area contributed by atoms with Crippen LogP contribution in [0, 0.1) is 5.92 Å². The molecule has 0 radical (unpaired) electrons. The van der Waals surface area contributed by atoms with E-state index in [0.717, 1.165) is 17.7 Å². The third kappa shape index (κ3) is 4.77. The van der Waals surface area contributed by atoms with Crippen LogP contribution in [0.1, 0.15) is 11.1 Å². The number of hydrogen-bond acceptors (Lipinski definition) is 2. The highest BCUT2D eigenvalue weighted by Gasteiger charge is 2.30. The first kappa shape index (κ1) is 16.4. The molecule has 2 nitrogen and oxygen atoms in total. The van der Waals surface area contributed by atoms with Crippen molar-refractivity contribution in [2.75, 3.05) is 13.2 Å². The summed E-state index contributed by atoms with van der Waals surface area (Å²) in [6.07, 6.45) is -3.78. The van der Waals surface area contributed by atoms with E-state index in [1.54, 1.807) is 0 Å². The van der Waals surface area contributed by atoms with E-state index in [-0.39, 0.29) is 24.9 Å². The van der Waals surface area contributed by atoms with Crippen LogP contribution in [-0.2, 0) is 12.6 Å². The summed E-state index contributed by atoms with van der Waals surface area (Å²) < 4.78 is 43.3. The van der Waals surface area contributed by atoms with Crippen molar-refractivity contribution in [3.8, 4) is 5.75 Å². The summed E-state index contributed by atoms with van der Waals surface area (Å²) in [7, 11) is 0. The summed E-state index contributed by atoms with van der Waals surface area (Å²) in [5, 5.41) is 9.39. The molecule has 0 saturated heterocycles. The summed E-state index contributed by atoms with van der Waals surface area (Å²) >= 11 is 0. The predicted molar refractivity (Wildman–Crippen MR) is 77.7 cm³/mol. The molecule has 0 aliphatic rings. The maximum atomic E-state index is 12.6. The molecule has 1 N–H and O–H groups in total. The van der Waals surface area contributed by atoms with Gasteiger partial charge in [0, 0.05) is 12.5 Å². The zero-order chi connectivity index (χ0) is 16.0. The Morgan fingerprint density at radius 1 is 1.00 bits per heavy atom. The van der Waals surface area contributed by atoms with Crippen LogP contribution in [-0.4, -0.2) is 18.3 Å². The Hall–Kier alpha value is -2.01. The van der Waals surface area contributed by atoms with E-state index in [4.69, 9.17) is 4.74 Å². The molecule has 0 aromatic heterocycles. The molecule has 0 aliphatic heterocycles. The number of rotatable bonds is 6. The summed E-state index contributed by atoms with van der Waals surface area (Å²) in [5.41, 5.74) is 0.308. The van der Waals surface area contributed by atoms with Gasteiger partial charge in [0.05, 0.1) is 12.2 Å². The first-order chi connectivity index (χ1) is 10.5. The van der Waals surface area contributed by atoms with E-state index in [1.807, 2.05) is 30.3 Å². The second-order valence-electron chi connectivity index (χ2n) is 5.07. The number of aliphatic hydroxyl groups is 1. The molecule has 22 heavy (non-hydrogen) atoms. The van der Waals surface area contributed by atoms with Crippen LogP contribution in [0.4, 0.5) is 13.2 Å². The van der Waals surface area contributed by atoms with Crippen LogP contribution in [0.15, 0.2) is 54.6 Å². The molecule has 0 heterocycles. The van der Waals surface area contributed by atoms with Gasteiger partial charge in [0.2, 0.25) is 0 Å². The molecule has 0 spiro atoms. The zero-order valence-electron chi connectivity index (χ0n) is 11.9. The molecule has 0 amide bonds.